The molecule has 1 fully saturated rings. The summed E-state index contributed by atoms with van der Waals surface area (Å²) in [7, 11) is 0. The number of carbonyl (C=O) groups excluding carboxylic acids is 1. The van der Waals surface area contributed by atoms with E-state index in [9.17, 15) is 4.79 Å². The molecule has 5 heteroatoms. The number of amidine groups is 1. The number of hydrogen-bond donors (Lipinski definition) is 3. The van der Waals surface area contributed by atoms with E-state index in [2.05, 4.69) is 10.5 Å². The molecule has 0 aromatic heterocycles. The van der Waals surface area contributed by atoms with Gasteiger partial charge < -0.3 is 16.3 Å². The molecule has 0 unspecified atom stereocenters. The lowest BCUT2D eigenvalue weighted by atomic mass is 9.87. The predicted molar refractivity (Wildman–Crippen MR) is 78.9 cm³/mol. The van der Waals surface area contributed by atoms with E-state index in [-0.39, 0.29) is 17.2 Å². The Morgan fingerprint density at radius 3 is 2.65 bits per heavy atom. The highest BCUT2D eigenvalue weighted by Crippen LogP contribution is 2.38. The van der Waals surface area contributed by atoms with Crippen LogP contribution in [0.2, 0.25) is 0 Å². The van der Waals surface area contributed by atoms with Crippen LogP contribution in [0.5, 0.6) is 0 Å². The molecule has 0 aliphatic heterocycles. The number of nitrogens with one attached hydrogen (secondary N) is 1. The Kier molecular flexibility index (Phi) is 3.97. The van der Waals surface area contributed by atoms with Gasteiger partial charge in [0.1, 0.15) is 0 Å². The van der Waals surface area contributed by atoms with Gasteiger partial charge in [-0.25, -0.2) is 0 Å². The predicted octanol–water partition coefficient (Wildman–Crippen LogP) is 2.61. The highest BCUT2D eigenvalue weighted by Gasteiger charge is 2.36. The minimum atomic E-state index is -0.313. The normalized spacial score (nSPS) is 18.0. The van der Waals surface area contributed by atoms with E-state index in [1.54, 1.807) is 6.07 Å². The molecule has 0 bridgehead atoms. The Bertz CT molecular complexity index is 546. The summed E-state index contributed by atoms with van der Waals surface area (Å²) < 4.78 is 0. The van der Waals surface area contributed by atoms with Gasteiger partial charge in [0.15, 0.2) is 5.84 Å². The molecule has 1 aromatic carbocycles. The van der Waals surface area contributed by atoms with Crippen molar-refractivity contribution in [3.8, 4) is 0 Å². The van der Waals surface area contributed by atoms with Crippen LogP contribution >= 0.6 is 0 Å². The van der Waals surface area contributed by atoms with Crippen LogP contribution in [0, 0.1) is 12.3 Å². The first-order valence-electron chi connectivity index (χ1n) is 6.87. The fourth-order valence-corrected chi connectivity index (χ4v) is 2.82. The average Bonchev–Trinajstić information content (AvgIpc) is 2.86. The summed E-state index contributed by atoms with van der Waals surface area (Å²) in [5.74, 6) is 0.0163. The molecule has 108 valence electrons. The van der Waals surface area contributed by atoms with Gasteiger partial charge in [-0.1, -0.05) is 37.1 Å². The smallest absolute Gasteiger partial charge is 0.230 e. The van der Waals surface area contributed by atoms with Crippen molar-refractivity contribution in [3.05, 3.63) is 29.3 Å². The molecular formula is C15H21N3O2. The maximum Gasteiger partial charge on any atom is 0.230 e. The number of anilines is 1. The number of benzene rings is 1. The molecule has 1 amide bonds. The minimum Gasteiger partial charge on any atom is -0.409 e. The van der Waals surface area contributed by atoms with Crippen molar-refractivity contribution in [3.63, 3.8) is 0 Å². The fraction of sp³-hybridized carbons (Fsp3) is 0.467. The number of carbonyl (C=O) groups is 1. The van der Waals surface area contributed by atoms with Gasteiger partial charge in [0, 0.05) is 11.0 Å². The van der Waals surface area contributed by atoms with Gasteiger partial charge in [0.05, 0.1) is 5.69 Å². The Hall–Kier alpha value is -2.04. The molecule has 0 atom stereocenters. The third kappa shape index (κ3) is 2.61. The molecule has 5 nitrogen and oxygen atoms in total. The van der Waals surface area contributed by atoms with Gasteiger partial charge >= 0.3 is 0 Å². The maximum atomic E-state index is 12.5. The molecule has 1 saturated carbocycles. The van der Waals surface area contributed by atoms with Crippen LogP contribution in [0.3, 0.4) is 0 Å². The van der Waals surface area contributed by atoms with E-state index in [1.807, 2.05) is 26.0 Å². The molecule has 20 heavy (non-hydrogen) atoms. The molecule has 0 radical (unpaired) electrons. The van der Waals surface area contributed by atoms with Crippen molar-refractivity contribution in [2.24, 2.45) is 16.3 Å². The lowest BCUT2D eigenvalue weighted by Gasteiger charge is -2.23. The van der Waals surface area contributed by atoms with Crippen molar-refractivity contribution in [1.29, 1.82) is 0 Å². The van der Waals surface area contributed by atoms with Gasteiger partial charge in [-0.2, -0.15) is 0 Å². The first-order valence-corrected chi connectivity index (χ1v) is 6.87. The van der Waals surface area contributed by atoms with Crippen molar-refractivity contribution >= 4 is 17.4 Å². The van der Waals surface area contributed by atoms with Crippen molar-refractivity contribution in [1.82, 2.24) is 0 Å². The van der Waals surface area contributed by atoms with Gasteiger partial charge in [0.2, 0.25) is 5.91 Å². The monoisotopic (exact) mass is 275 g/mol. The minimum absolute atomic E-state index is 0.00703. The van der Waals surface area contributed by atoms with Gasteiger partial charge in [-0.05, 0) is 31.4 Å². The Balaban J connectivity index is 2.30. The maximum absolute atomic E-state index is 12.5. The van der Waals surface area contributed by atoms with Gasteiger partial charge in [-0.15, -0.1) is 0 Å². The van der Waals surface area contributed by atoms with E-state index in [4.69, 9.17) is 10.9 Å². The average molecular weight is 275 g/mol. The molecular weight excluding hydrogens is 254 g/mol. The summed E-state index contributed by atoms with van der Waals surface area (Å²) in [5, 5.41) is 14.9. The zero-order chi connectivity index (χ0) is 14.8. The summed E-state index contributed by atoms with van der Waals surface area (Å²) in [4.78, 5) is 12.5. The highest BCUT2D eigenvalue weighted by molar-refractivity contribution is 6.07. The third-order valence-corrected chi connectivity index (χ3v) is 4.14. The molecule has 2 rings (SSSR count). The fourth-order valence-electron chi connectivity index (χ4n) is 2.82. The Labute approximate surface area is 118 Å². The van der Waals surface area contributed by atoms with Crippen LogP contribution in [-0.4, -0.2) is 17.0 Å². The van der Waals surface area contributed by atoms with Crippen molar-refractivity contribution in [2.75, 3.05) is 5.32 Å². The SMILES string of the molecule is Cc1cccc(NC(=O)C2(C)CCCC2)c1/C(N)=N/O. The summed E-state index contributed by atoms with van der Waals surface area (Å²) in [6.45, 7) is 3.86. The number of oxime groups is 1. The zero-order valence-electron chi connectivity index (χ0n) is 11.9. The van der Waals surface area contributed by atoms with Crippen molar-refractivity contribution < 1.29 is 10.0 Å². The van der Waals surface area contributed by atoms with Crippen LogP contribution < -0.4 is 11.1 Å². The second-order valence-electron chi connectivity index (χ2n) is 5.70. The molecule has 1 aliphatic rings. The van der Waals surface area contributed by atoms with Gasteiger partial charge in [-0.3, -0.25) is 4.79 Å². The summed E-state index contributed by atoms with van der Waals surface area (Å²) in [6.07, 6.45) is 3.99. The van der Waals surface area contributed by atoms with Crippen LogP contribution in [0.15, 0.2) is 23.4 Å². The van der Waals surface area contributed by atoms with Crippen LogP contribution in [0.25, 0.3) is 0 Å². The second kappa shape index (κ2) is 5.53. The van der Waals surface area contributed by atoms with E-state index in [0.717, 1.165) is 31.2 Å². The quantitative estimate of drug-likeness (QED) is 0.343. The Morgan fingerprint density at radius 1 is 1.40 bits per heavy atom. The first-order chi connectivity index (χ1) is 9.48. The number of aryl methyl sites for hydroxylation is 1. The number of hydrogen-bond acceptors (Lipinski definition) is 3. The van der Waals surface area contributed by atoms with E-state index < -0.39 is 0 Å². The van der Waals surface area contributed by atoms with Gasteiger partial charge in [0.25, 0.3) is 0 Å². The number of nitrogens with two attached hydrogens (primary N) is 1. The third-order valence-electron chi connectivity index (χ3n) is 4.14. The number of amides is 1. The largest absolute Gasteiger partial charge is 0.409 e. The number of rotatable bonds is 3. The standard InChI is InChI=1S/C15H21N3O2/c1-10-6-5-7-11(12(10)13(16)18-20)17-14(19)15(2)8-3-4-9-15/h5-7,20H,3-4,8-9H2,1-2H3,(H2,16,18)(H,17,19). The second-order valence-corrected chi connectivity index (χ2v) is 5.70. The zero-order valence-corrected chi connectivity index (χ0v) is 11.9. The highest BCUT2D eigenvalue weighted by atomic mass is 16.4. The summed E-state index contributed by atoms with van der Waals surface area (Å²) in [5.41, 5.74) is 7.42. The molecule has 0 spiro atoms. The van der Waals surface area contributed by atoms with E-state index in [1.165, 1.54) is 0 Å². The molecule has 0 saturated heterocycles. The lowest BCUT2D eigenvalue weighted by molar-refractivity contribution is -0.124. The molecule has 1 aromatic rings. The topological polar surface area (TPSA) is 87.7 Å². The first kappa shape index (κ1) is 14.4. The van der Waals surface area contributed by atoms with Crippen LogP contribution in [0.1, 0.15) is 43.7 Å². The molecule has 0 heterocycles. The van der Waals surface area contributed by atoms with E-state index in [0.29, 0.717) is 11.3 Å². The van der Waals surface area contributed by atoms with Crippen LogP contribution in [0.4, 0.5) is 5.69 Å². The van der Waals surface area contributed by atoms with Crippen molar-refractivity contribution in [2.45, 2.75) is 39.5 Å². The summed E-state index contributed by atoms with van der Waals surface area (Å²) in [6, 6.07) is 5.48. The summed E-state index contributed by atoms with van der Waals surface area (Å²) >= 11 is 0. The number of nitrogens with zero attached hydrogens (tertiary/aromatic N) is 1. The van der Waals surface area contributed by atoms with E-state index >= 15 is 0 Å². The van der Waals surface area contributed by atoms with Crippen LogP contribution in [-0.2, 0) is 4.79 Å². The molecule has 4 N–H and O–H groups in total. The molecule has 1 aliphatic carbocycles. The Morgan fingerprint density at radius 2 is 2.05 bits per heavy atom. The lowest BCUT2D eigenvalue weighted by Crippen LogP contribution is -2.32.